The summed E-state index contributed by atoms with van der Waals surface area (Å²) in [6, 6.07) is 6.28. The lowest BCUT2D eigenvalue weighted by Crippen LogP contribution is -2.25. The highest BCUT2D eigenvalue weighted by atomic mass is 79.9. The van der Waals surface area contributed by atoms with Crippen LogP contribution in [0.25, 0.3) is 0 Å². The van der Waals surface area contributed by atoms with Gasteiger partial charge in [-0.3, -0.25) is 9.59 Å². The first kappa shape index (κ1) is 12.7. The third-order valence-electron chi connectivity index (χ3n) is 3.37. The van der Waals surface area contributed by atoms with Crippen LogP contribution in [0, 0.1) is 0 Å². The molecule has 0 fully saturated rings. The number of nitrogen functional groups attached to an aromatic ring is 3. The molecule has 6 heteroatoms. The zero-order valence-corrected chi connectivity index (χ0v) is 11.8. The second kappa shape index (κ2) is 4.08. The molecule has 0 atom stereocenters. The molecule has 0 spiro atoms. The average Bonchev–Trinajstić information content (AvgIpc) is 2.40. The number of anilines is 3. The van der Waals surface area contributed by atoms with Gasteiger partial charge < -0.3 is 17.2 Å². The first-order valence-electron chi connectivity index (χ1n) is 5.78. The lowest BCUT2D eigenvalue weighted by atomic mass is 9.81. The van der Waals surface area contributed by atoms with E-state index in [1.54, 1.807) is 18.2 Å². The number of halogens is 1. The third kappa shape index (κ3) is 1.48. The summed E-state index contributed by atoms with van der Waals surface area (Å²) >= 11 is 3.23. The molecule has 2 aromatic rings. The second-order valence-corrected chi connectivity index (χ2v) is 5.39. The van der Waals surface area contributed by atoms with E-state index in [1.165, 1.54) is 6.07 Å². The molecule has 0 saturated carbocycles. The molecule has 0 radical (unpaired) electrons. The molecular weight excluding hydrogens is 322 g/mol. The second-order valence-electron chi connectivity index (χ2n) is 4.54. The highest BCUT2D eigenvalue weighted by Gasteiger charge is 2.35. The van der Waals surface area contributed by atoms with Gasteiger partial charge in [0.2, 0.25) is 0 Å². The molecule has 1 aliphatic carbocycles. The Hall–Kier alpha value is -2.34. The number of ketones is 2. The summed E-state index contributed by atoms with van der Waals surface area (Å²) in [6.07, 6.45) is 0. The van der Waals surface area contributed by atoms with Crippen LogP contribution in [0.5, 0.6) is 0 Å². The number of fused-ring (bicyclic) bond motifs is 2. The van der Waals surface area contributed by atoms with Gasteiger partial charge in [0.15, 0.2) is 11.6 Å². The molecule has 2 aromatic carbocycles. The van der Waals surface area contributed by atoms with Gasteiger partial charge in [-0.2, -0.15) is 0 Å². The van der Waals surface area contributed by atoms with Gasteiger partial charge in [-0.1, -0.05) is 12.1 Å². The maximum Gasteiger partial charge on any atom is 0.198 e. The van der Waals surface area contributed by atoms with E-state index in [2.05, 4.69) is 15.9 Å². The lowest BCUT2D eigenvalue weighted by Gasteiger charge is -2.22. The van der Waals surface area contributed by atoms with Crippen molar-refractivity contribution in [2.45, 2.75) is 0 Å². The summed E-state index contributed by atoms with van der Waals surface area (Å²) in [5.74, 6) is -0.711. The van der Waals surface area contributed by atoms with Gasteiger partial charge in [0.1, 0.15) is 0 Å². The Kier molecular flexibility index (Phi) is 2.58. The minimum absolute atomic E-state index is 0.126. The molecule has 3 rings (SSSR count). The van der Waals surface area contributed by atoms with Crippen molar-refractivity contribution in [3.63, 3.8) is 0 Å². The minimum atomic E-state index is -0.371. The summed E-state index contributed by atoms with van der Waals surface area (Å²) < 4.78 is 0.488. The Morgan fingerprint density at radius 1 is 0.850 bits per heavy atom. The van der Waals surface area contributed by atoms with Crippen molar-refractivity contribution in [2.75, 3.05) is 17.2 Å². The fourth-order valence-electron chi connectivity index (χ4n) is 2.44. The van der Waals surface area contributed by atoms with Crippen molar-refractivity contribution >= 4 is 44.6 Å². The minimum Gasteiger partial charge on any atom is -0.398 e. The third-order valence-corrected chi connectivity index (χ3v) is 4.03. The van der Waals surface area contributed by atoms with Crippen LogP contribution in [0.3, 0.4) is 0 Å². The largest absolute Gasteiger partial charge is 0.398 e. The number of nitrogens with two attached hydrogens (primary N) is 3. The normalized spacial score (nSPS) is 13.1. The number of hydrogen-bond acceptors (Lipinski definition) is 5. The Balaban J connectivity index is 2.44. The zero-order valence-electron chi connectivity index (χ0n) is 10.2. The fraction of sp³-hybridized carbons (Fsp3) is 0. The Labute approximate surface area is 122 Å². The topological polar surface area (TPSA) is 112 Å². The number of benzene rings is 2. The molecule has 0 saturated heterocycles. The van der Waals surface area contributed by atoms with Gasteiger partial charge in [0.25, 0.3) is 0 Å². The Morgan fingerprint density at radius 2 is 1.55 bits per heavy atom. The zero-order chi connectivity index (χ0) is 14.6. The SMILES string of the molecule is Nc1cccc2c1C(=O)c1c(N)cc(Br)c(N)c1C2=O. The molecule has 0 unspecified atom stereocenters. The van der Waals surface area contributed by atoms with Crippen LogP contribution in [-0.4, -0.2) is 11.6 Å². The van der Waals surface area contributed by atoms with Gasteiger partial charge >= 0.3 is 0 Å². The van der Waals surface area contributed by atoms with Crippen molar-refractivity contribution in [1.29, 1.82) is 0 Å². The van der Waals surface area contributed by atoms with Crippen molar-refractivity contribution in [2.24, 2.45) is 0 Å². The molecule has 1 aliphatic rings. The number of carbonyl (C=O) groups excluding carboxylic acids is 2. The van der Waals surface area contributed by atoms with Crippen LogP contribution < -0.4 is 17.2 Å². The fourth-order valence-corrected chi connectivity index (χ4v) is 2.88. The summed E-state index contributed by atoms with van der Waals surface area (Å²) in [7, 11) is 0. The molecule has 0 aliphatic heterocycles. The van der Waals surface area contributed by atoms with Crippen molar-refractivity contribution < 1.29 is 9.59 Å². The lowest BCUT2D eigenvalue weighted by molar-refractivity contribution is 0.0981. The van der Waals surface area contributed by atoms with Crippen molar-refractivity contribution in [1.82, 2.24) is 0 Å². The predicted molar refractivity (Wildman–Crippen MR) is 80.7 cm³/mol. The molecule has 0 aromatic heterocycles. The summed E-state index contributed by atoms with van der Waals surface area (Å²) in [6.45, 7) is 0. The molecular formula is C14H10BrN3O2. The molecule has 0 bridgehead atoms. The molecule has 6 N–H and O–H groups in total. The summed E-state index contributed by atoms with van der Waals surface area (Å²) in [5.41, 5.74) is 19.0. The van der Waals surface area contributed by atoms with E-state index in [0.29, 0.717) is 4.47 Å². The van der Waals surface area contributed by atoms with Gasteiger partial charge in [0, 0.05) is 21.4 Å². The van der Waals surface area contributed by atoms with Gasteiger partial charge in [-0.15, -0.1) is 0 Å². The molecule has 0 heterocycles. The van der Waals surface area contributed by atoms with E-state index in [9.17, 15) is 9.59 Å². The molecule has 5 nitrogen and oxygen atoms in total. The first-order chi connectivity index (χ1) is 9.43. The van der Waals surface area contributed by atoms with E-state index in [0.717, 1.165) is 0 Å². The molecule has 20 heavy (non-hydrogen) atoms. The first-order valence-corrected chi connectivity index (χ1v) is 6.58. The summed E-state index contributed by atoms with van der Waals surface area (Å²) in [4.78, 5) is 25.1. The van der Waals surface area contributed by atoms with E-state index >= 15 is 0 Å². The van der Waals surface area contributed by atoms with E-state index < -0.39 is 0 Å². The van der Waals surface area contributed by atoms with Crippen LogP contribution >= 0.6 is 15.9 Å². The van der Waals surface area contributed by atoms with Crippen LogP contribution in [0.2, 0.25) is 0 Å². The maximum atomic E-state index is 12.6. The van der Waals surface area contributed by atoms with Crippen molar-refractivity contribution in [3.8, 4) is 0 Å². The summed E-state index contributed by atoms with van der Waals surface area (Å²) in [5, 5.41) is 0. The van der Waals surface area contributed by atoms with Gasteiger partial charge in [-0.25, -0.2) is 0 Å². The molecule has 0 amide bonds. The van der Waals surface area contributed by atoms with Crippen LogP contribution in [-0.2, 0) is 0 Å². The quantitative estimate of drug-likeness (QED) is 0.545. The predicted octanol–water partition coefficient (Wildman–Crippen LogP) is 1.97. The van der Waals surface area contributed by atoms with Crippen LogP contribution in [0.1, 0.15) is 31.8 Å². The van der Waals surface area contributed by atoms with E-state index in [1.807, 2.05) is 0 Å². The highest BCUT2D eigenvalue weighted by Crippen LogP contribution is 2.39. The Bertz CT molecular complexity index is 799. The standard InChI is InChI=1S/C14H10BrN3O2/c15-6-4-8(17)10-11(12(6)18)13(19)5-2-1-3-7(16)9(5)14(10)20/h1-4H,16-18H2. The maximum absolute atomic E-state index is 12.6. The smallest absolute Gasteiger partial charge is 0.198 e. The van der Waals surface area contributed by atoms with E-state index in [-0.39, 0.29) is 50.9 Å². The van der Waals surface area contributed by atoms with Crippen LogP contribution in [0.15, 0.2) is 28.7 Å². The number of rotatable bonds is 0. The monoisotopic (exact) mass is 331 g/mol. The van der Waals surface area contributed by atoms with Crippen molar-refractivity contribution in [3.05, 3.63) is 51.0 Å². The number of carbonyl (C=O) groups is 2. The van der Waals surface area contributed by atoms with Gasteiger partial charge in [-0.05, 0) is 28.1 Å². The van der Waals surface area contributed by atoms with Gasteiger partial charge in [0.05, 0.1) is 22.4 Å². The highest BCUT2D eigenvalue weighted by molar-refractivity contribution is 9.10. The molecule has 100 valence electrons. The van der Waals surface area contributed by atoms with E-state index in [4.69, 9.17) is 17.2 Å². The van der Waals surface area contributed by atoms with Crippen LogP contribution in [0.4, 0.5) is 17.1 Å². The Morgan fingerprint density at radius 3 is 2.25 bits per heavy atom. The average molecular weight is 332 g/mol. The number of hydrogen-bond donors (Lipinski definition) is 3.